The first-order valence-electron chi connectivity index (χ1n) is 8.98. The first-order chi connectivity index (χ1) is 15.2. The molecule has 0 bridgehead atoms. The van der Waals surface area contributed by atoms with Crippen molar-refractivity contribution in [3.8, 4) is 11.1 Å². The van der Waals surface area contributed by atoms with Gasteiger partial charge in [0, 0.05) is 0 Å². The fourth-order valence-corrected chi connectivity index (χ4v) is 2.32. The van der Waals surface area contributed by atoms with Gasteiger partial charge in [-0.1, -0.05) is 20.8 Å². The summed E-state index contributed by atoms with van der Waals surface area (Å²) < 4.78 is 131. The monoisotopic (exact) mass is 497 g/mol. The lowest BCUT2D eigenvalue weighted by Crippen LogP contribution is -2.21. The van der Waals surface area contributed by atoms with Gasteiger partial charge in [-0.25, -0.2) is 43.9 Å². The summed E-state index contributed by atoms with van der Waals surface area (Å²) in [7, 11) is -2.17. The fourth-order valence-electron chi connectivity index (χ4n) is 2.32. The molecule has 0 unspecified atom stereocenters. The molecule has 4 nitrogen and oxygen atoms in total. The maximum absolute atomic E-state index is 13.4. The zero-order chi connectivity index (χ0) is 26.2. The van der Waals surface area contributed by atoms with Gasteiger partial charge in [0.05, 0.1) is 11.1 Å². The Balaban J connectivity index is 0.000000776. The van der Waals surface area contributed by atoms with Crippen LogP contribution < -0.4 is 0 Å². The second-order valence-electron chi connectivity index (χ2n) is 5.86. The summed E-state index contributed by atoms with van der Waals surface area (Å²) in [6.45, 7) is 10.1. The van der Waals surface area contributed by atoms with Gasteiger partial charge in [0.2, 0.25) is 11.6 Å². The van der Waals surface area contributed by atoms with E-state index in [-0.39, 0.29) is 0 Å². The molecule has 0 saturated carbocycles. The van der Waals surface area contributed by atoms with Gasteiger partial charge in [-0.3, -0.25) is 0 Å². The lowest BCUT2D eigenvalue weighted by molar-refractivity contribution is 0.278. The predicted octanol–water partition coefficient (Wildman–Crippen LogP) is 4.04. The van der Waals surface area contributed by atoms with Gasteiger partial charge < -0.3 is 20.0 Å². The number of nitrogens with zero attached hydrogens (tertiary/aromatic N) is 1. The van der Waals surface area contributed by atoms with Crippen LogP contribution in [0.15, 0.2) is 0 Å². The van der Waals surface area contributed by atoms with Crippen LogP contribution in [0.2, 0.25) is 0 Å². The average Bonchev–Trinajstić information content (AvgIpc) is 2.77. The minimum Gasteiger partial charge on any atom is -0.402 e. The largest absolute Gasteiger partial charge is 0.631 e. The highest BCUT2D eigenvalue weighted by Gasteiger charge is 2.34. The van der Waals surface area contributed by atoms with E-state index in [1.807, 2.05) is 0 Å². The molecule has 0 amide bonds. The van der Waals surface area contributed by atoms with Gasteiger partial charge in [-0.15, -0.1) is 0 Å². The minimum absolute atomic E-state index is 1.19. The standard InChI is InChI=1S/C12F10.C6H15N.BH3O3/c13-3-1(4(14)8(18)11(21)7(3)17)2-5(15)9(19)12(22)10(20)6(2)16;1-4-7(5-2)6-3;2-1(3)4/h;4-6H2,1-3H3;2-4H. The molecule has 186 valence electrons. The Labute approximate surface area is 181 Å². The second kappa shape index (κ2) is 13.4. The zero-order valence-electron chi connectivity index (χ0n) is 17.3. The van der Waals surface area contributed by atoms with Crippen molar-refractivity contribution in [1.29, 1.82) is 0 Å². The lowest BCUT2D eigenvalue weighted by atomic mass is 10.0. The van der Waals surface area contributed by atoms with Crippen molar-refractivity contribution in [1.82, 2.24) is 4.90 Å². The molecular weight excluding hydrogens is 479 g/mol. The molecule has 3 N–H and O–H groups in total. The van der Waals surface area contributed by atoms with E-state index in [9.17, 15) is 43.9 Å². The van der Waals surface area contributed by atoms with E-state index in [0.29, 0.717) is 0 Å². The van der Waals surface area contributed by atoms with Crippen molar-refractivity contribution in [2.45, 2.75) is 20.8 Å². The predicted molar refractivity (Wildman–Crippen MR) is 97.3 cm³/mol. The first-order valence-corrected chi connectivity index (χ1v) is 8.98. The van der Waals surface area contributed by atoms with E-state index in [1.165, 1.54) is 19.6 Å². The molecule has 0 aliphatic rings. The van der Waals surface area contributed by atoms with E-state index in [0.717, 1.165) is 0 Å². The molecule has 0 aliphatic heterocycles. The normalized spacial score (nSPS) is 10.5. The molecule has 0 radical (unpaired) electrons. The van der Waals surface area contributed by atoms with Crippen LogP contribution in [0.3, 0.4) is 0 Å². The summed E-state index contributed by atoms with van der Waals surface area (Å²) >= 11 is 0. The molecule has 2 aromatic rings. The highest BCUT2D eigenvalue weighted by molar-refractivity contribution is 6.30. The summed E-state index contributed by atoms with van der Waals surface area (Å²) in [6, 6.07) is 0. The Morgan fingerprint density at radius 1 is 0.455 bits per heavy atom. The van der Waals surface area contributed by atoms with Crippen molar-refractivity contribution in [2.24, 2.45) is 0 Å². The fraction of sp³-hybridized carbons (Fsp3) is 0.333. The molecule has 33 heavy (non-hydrogen) atoms. The van der Waals surface area contributed by atoms with Crippen LogP contribution in [0.1, 0.15) is 20.8 Å². The van der Waals surface area contributed by atoms with Gasteiger partial charge in [-0.05, 0) is 19.6 Å². The van der Waals surface area contributed by atoms with Gasteiger partial charge in [0.25, 0.3) is 0 Å². The van der Waals surface area contributed by atoms with Gasteiger partial charge in [0.1, 0.15) is 0 Å². The minimum atomic E-state index is -2.68. The van der Waals surface area contributed by atoms with E-state index >= 15 is 0 Å². The number of hydrogen-bond acceptors (Lipinski definition) is 4. The van der Waals surface area contributed by atoms with Crippen LogP contribution in [-0.4, -0.2) is 46.9 Å². The number of rotatable bonds is 4. The molecule has 0 heterocycles. The lowest BCUT2D eigenvalue weighted by Gasteiger charge is -2.13. The molecule has 0 fully saturated rings. The van der Waals surface area contributed by atoms with Gasteiger partial charge in [-0.2, -0.15) is 0 Å². The summed E-state index contributed by atoms with van der Waals surface area (Å²) in [5.74, 6) is -26.6. The maximum Gasteiger partial charge on any atom is 0.631 e. The molecule has 0 spiro atoms. The molecule has 0 atom stereocenters. The van der Waals surface area contributed by atoms with Gasteiger partial charge in [0.15, 0.2) is 46.5 Å². The molecular formula is C18H18BF10NO3. The smallest absolute Gasteiger partial charge is 0.402 e. The van der Waals surface area contributed by atoms with Crippen LogP contribution in [0.25, 0.3) is 11.1 Å². The van der Waals surface area contributed by atoms with Crippen LogP contribution in [0.5, 0.6) is 0 Å². The van der Waals surface area contributed by atoms with E-state index in [4.69, 9.17) is 15.1 Å². The quantitative estimate of drug-likeness (QED) is 0.259. The van der Waals surface area contributed by atoms with E-state index in [2.05, 4.69) is 25.7 Å². The first kappa shape index (κ1) is 30.6. The van der Waals surface area contributed by atoms with Crippen molar-refractivity contribution in [3.05, 3.63) is 58.2 Å². The molecule has 0 aliphatic carbocycles. The number of halogens is 10. The topological polar surface area (TPSA) is 63.9 Å². The Bertz CT molecular complexity index is 824. The van der Waals surface area contributed by atoms with E-state index < -0.39 is 76.6 Å². The van der Waals surface area contributed by atoms with Crippen LogP contribution in [-0.2, 0) is 0 Å². The number of hydrogen-bond donors (Lipinski definition) is 3. The Kier molecular flexibility index (Phi) is 12.4. The molecule has 0 aromatic heterocycles. The van der Waals surface area contributed by atoms with Crippen LogP contribution >= 0.6 is 0 Å². The van der Waals surface area contributed by atoms with Crippen LogP contribution in [0.4, 0.5) is 43.9 Å². The summed E-state index contributed by atoms with van der Waals surface area (Å²) in [4.78, 5) is 2.38. The average molecular weight is 497 g/mol. The summed E-state index contributed by atoms with van der Waals surface area (Å²) in [6.07, 6.45) is 0. The second-order valence-corrected chi connectivity index (χ2v) is 5.86. The molecule has 0 saturated heterocycles. The third-order valence-electron chi connectivity index (χ3n) is 4.01. The summed E-state index contributed by atoms with van der Waals surface area (Å²) in [5, 5.41) is 21.5. The number of benzene rings is 2. The zero-order valence-corrected chi connectivity index (χ0v) is 17.3. The third kappa shape index (κ3) is 7.32. The molecule has 15 heteroatoms. The SMILES string of the molecule is CCN(CC)CC.Fc1c(F)c(F)c(-c2c(F)c(F)c(F)c(F)c2F)c(F)c1F.OB(O)O. The highest BCUT2D eigenvalue weighted by Crippen LogP contribution is 2.37. The summed E-state index contributed by atoms with van der Waals surface area (Å²) in [5.41, 5.74) is -4.52. The van der Waals surface area contributed by atoms with Crippen molar-refractivity contribution in [3.63, 3.8) is 0 Å². The Morgan fingerprint density at radius 2 is 0.606 bits per heavy atom. The van der Waals surface area contributed by atoms with Crippen LogP contribution in [0, 0.1) is 58.2 Å². The van der Waals surface area contributed by atoms with Gasteiger partial charge >= 0.3 is 7.32 Å². The van der Waals surface area contributed by atoms with Crippen molar-refractivity contribution < 1.29 is 59.0 Å². The Morgan fingerprint density at radius 3 is 0.727 bits per heavy atom. The van der Waals surface area contributed by atoms with Crippen molar-refractivity contribution in [2.75, 3.05) is 19.6 Å². The maximum atomic E-state index is 13.4. The highest BCUT2D eigenvalue weighted by atomic mass is 19.2. The van der Waals surface area contributed by atoms with E-state index in [1.54, 1.807) is 0 Å². The third-order valence-corrected chi connectivity index (χ3v) is 4.01. The molecule has 2 aromatic carbocycles. The van der Waals surface area contributed by atoms with Crippen molar-refractivity contribution >= 4 is 7.32 Å². The Hall–Kier alpha value is -2.36. The molecule has 2 rings (SSSR count).